The first-order valence-corrected chi connectivity index (χ1v) is 7.43. The Morgan fingerprint density at radius 3 is 2.12 bits per heavy atom. The van der Waals surface area contributed by atoms with Gasteiger partial charge in [0, 0.05) is 12.1 Å². The number of Topliss-reactive ketones (excluding diaryl/α,β-unsaturated/α-hetero) is 1. The molecule has 0 saturated heterocycles. The van der Waals surface area contributed by atoms with E-state index in [9.17, 15) is 24.5 Å². The SMILES string of the molecule is COC(=O)N/N=C(\C)C(C(=O)OC)C(C(C)=O)c1ccc([N+](=O)[O-])cc1. The van der Waals surface area contributed by atoms with E-state index in [0.29, 0.717) is 5.56 Å². The maximum Gasteiger partial charge on any atom is 0.427 e. The Labute approximate surface area is 149 Å². The third-order valence-electron chi connectivity index (χ3n) is 3.65. The number of hydrazone groups is 1. The van der Waals surface area contributed by atoms with Gasteiger partial charge in [-0.3, -0.25) is 19.7 Å². The van der Waals surface area contributed by atoms with Gasteiger partial charge in [0.05, 0.1) is 30.8 Å². The van der Waals surface area contributed by atoms with Crippen LogP contribution in [-0.2, 0) is 19.1 Å². The van der Waals surface area contributed by atoms with E-state index in [0.717, 1.165) is 14.2 Å². The van der Waals surface area contributed by atoms with Gasteiger partial charge in [0.25, 0.3) is 5.69 Å². The quantitative estimate of drug-likeness (QED) is 0.336. The molecule has 1 rings (SSSR count). The minimum Gasteiger partial charge on any atom is -0.468 e. The second-order valence-electron chi connectivity index (χ2n) is 5.29. The van der Waals surface area contributed by atoms with Crippen LogP contribution in [0.5, 0.6) is 0 Å². The van der Waals surface area contributed by atoms with Gasteiger partial charge < -0.3 is 9.47 Å². The van der Waals surface area contributed by atoms with Gasteiger partial charge in [-0.15, -0.1) is 0 Å². The van der Waals surface area contributed by atoms with Crippen LogP contribution in [0.15, 0.2) is 29.4 Å². The molecule has 0 fully saturated rings. The maximum absolute atomic E-state index is 12.3. The summed E-state index contributed by atoms with van der Waals surface area (Å²) in [6.45, 7) is 2.72. The highest BCUT2D eigenvalue weighted by Crippen LogP contribution is 2.29. The van der Waals surface area contributed by atoms with Crippen molar-refractivity contribution in [3.8, 4) is 0 Å². The molecule has 1 aromatic rings. The highest BCUT2D eigenvalue weighted by molar-refractivity contribution is 6.06. The van der Waals surface area contributed by atoms with E-state index < -0.39 is 28.8 Å². The fraction of sp³-hybridized carbons (Fsp3) is 0.375. The molecule has 10 heteroatoms. The van der Waals surface area contributed by atoms with E-state index in [1.807, 2.05) is 0 Å². The van der Waals surface area contributed by atoms with Gasteiger partial charge in [-0.1, -0.05) is 12.1 Å². The minimum atomic E-state index is -1.13. The zero-order chi connectivity index (χ0) is 19.9. The minimum absolute atomic E-state index is 0.112. The first-order chi connectivity index (χ1) is 12.2. The van der Waals surface area contributed by atoms with E-state index in [1.54, 1.807) is 0 Å². The van der Waals surface area contributed by atoms with Gasteiger partial charge in [0.1, 0.15) is 11.7 Å². The normalized spacial score (nSPS) is 13.3. The van der Waals surface area contributed by atoms with Gasteiger partial charge in [-0.25, -0.2) is 10.2 Å². The van der Waals surface area contributed by atoms with E-state index in [1.165, 1.54) is 38.1 Å². The van der Waals surface area contributed by atoms with Gasteiger partial charge >= 0.3 is 12.1 Å². The average Bonchev–Trinajstić information content (AvgIpc) is 2.62. The summed E-state index contributed by atoms with van der Waals surface area (Å²) < 4.78 is 9.15. The molecular weight excluding hydrogens is 346 g/mol. The van der Waals surface area contributed by atoms with Crippen LogP contribution in [0.4, 0.5) is 10.5 Å². The Hall–Kier alpha value is -3.30. The number of ketones is 1. The van der Waals surface area contributed by atoms with Crippen molar-refractivity contribution in [1.29, 1.82) is 0 Å². The van der Waals surface area contributed by atoms with E-state index in [-0.39, 0.29) is 17.2 Å². The summed E-state index contributed by atoms with van der Waals surface area (Å²) in [6, 6.07) is 5.25. The lowest BCUT2D eigenvalue weighted by Gasteiger charge is -2.23. The summed E-state index contributed by atoms with van der Waals surface area (Å²) in [5, 5.41) is 14.6. The molecule has 140 valence electrons. The molecule has 0 bridgehead atoms. The second kappa shape index (κ2) is 9.25. The van der Waals surface area contributed by atoms with Crippen molar-refractivity contribution in [3.63, 3.8) is 0 Å². The van der Waals surface area contributed by atoms with Gasteiger partial charge in [0.15, 0.2) is 0 Å². The summed E-state index contributed by atoms with van der Waals surface area (Å²) in [5.41, 5.74) is 2.42. The van der Waals surface area contributed by atoms with E-state index in [2.05, 4.69) is 15.3 Å². The van der Waals surface area contributed by atoms with Crippen molar-refractivity contribution in [2.75, 3.05) is 14.2 Å². The molecule has 1 amide bonds. The Morgan fingerprint density at radius 2 is 1.69 bits per heavy atom. The van der Waals surface area contributed by atoms with Crippen molar-refractivity contribution < 1.29 is 28.8 Å². The number of non-ortho nitro benzene ring substituents is 1. The Kier molecular flexibility index (Phi) is 7.38. The van der Waals surface area contributed by atoms with Crippen molar-refractivity contribution in [2.45, 2.75) is 19.8 Å². The molecule has 2 atom stereocenters. The molecule has 0 aliphatic carbocycles. The first kappa shape index (κ1) is 20.7. The number of hydrogen-bond donors (Lipinski definition) is 1. The molecule has 1 N–H and O–H groups in total. The zero-order valence-corrected chi connectivity index (χ0v) is 14.7. The molecule has 0 aromatic heterocycles. The number of nitrogens with zero attached hydrogens (tertiary/aromatic N) is 2. The van der Waals surface area contributed by atoms with Crippen molar-refractivity contribution in [2.24, 2.45) is 11.0 Å². The monoisotopic (exact) mass is 365 g/mol. The molecule has 1 aromatic carbocycles. The number of carbonyl (C=O) groups excluding carboxylic acids is 3. The number of amides is 1. The lowest BCUT2D eigenvalue weighted by Crippen LogP contribution is -2.35. The molecule has 0 saturated carbocycles. The third-order valence-corrected chi connectivity index (χ3v) is 3.65. The van der Waals surface area contributed by atoms with Crippen LogP contribution in [-0.4, -0.2) is 42.7 Å². The number of carbonyl (C=O) groups is 3. The lowest BCUT2D eigenvalue weighted by molar-refractivity contribution is -0.384. The number of hydrogen-bond acceptors (Lipinski definition) is 8. The van der Waals surface area contributed by atoms with Crippen molar-refractivity contribution >= 4 is 29.2 Å². The summed E-state index contributed by atoms with van der Waals surface area (Å²) in [4.78, 5) is 45.8. The topological polar surface area (TPSA) is 137 Å². The van der Waals surface area contributed by atoms with Crippen LogP contribution in [0.25, 0.3) is 0 Å². The first-order valence-electron chi connectivity index (χ1n) is 7.43. The van der Waals surface area contributed by atoms with Crippen LogP contribution in [0.1, 0.15) is 25.3 Å². The number of nitrogens with one attached hydrogen (secondary N) is 1. The maximum atomic E-state index is 12.3. The van der Waals surface area contributed by atoms with Gasteiger partial charge in [0.2, 0.25) is 0 Å². The van der Waals surface area contributed by atoms with E-state index in [4.69, 9.17) is 4.74 Å². The zero-order valence-electron chi connectivity index (χ0n) is 14.7. The van der Waals surface area contributed by atoms with Crippen LogP contribution in [0.2, 0.25) is 0 Å². The average molecular weight is 365 g/mol. The number of nitro benzene ring substituents is 1. The number of ether oxygens (including phenoxy) is 2. The third kappa shape index (κ3) is 5.10. The molecule has 0 heterocycles. The molecular formula is C16H19N3O7. The Bertz CT molecular complexity index is 728. The fourth-order valence-electron chi connectivity index (χ4n) is 2.39. The second-order valence-corrected chi connectivity index (χ2v) is 5.29. The molecule has 26 heavy (non-hydrogen) atoms. The number of esters is 1. The molecule has 0 aliphatic heterocycles. The summed E-state index contributed by atoms with van der Waals surface area (Å²) >= 11 is 0. The molecule has 0 spiro atoms. The predicted octanol–water partition coefficient (Wildman–Crippen LogP) is 1.79. The number of nitro groups is 1. The lowest BCUT2D eigenvalue weighted by atomic mass is 9.80. The summed E-state index contributed by atoms with van der Waals surface area (Å²) in [6.07, 6.45) is -0.845. The number of rotatable bonds is 7. The Balaban J connectivity index is 3.33. The highest BCUT2D eigenvalue weighted by Gasteiger charge is 2.36. The molecule has 0 aliphatic rings. The Morgan fingerprint density at radius 1 is 1.12 bits per heavy atom. The summed E-state index contributed by atoms with van der Waals surface area (Å²) in [7, 11) is 2.30. The fourth-order valence-corrected chi connectivity index (χ4v) is 2.39. The van der Waals surface area contributed by atoms with E-state index >= 15 is 0 Å². The largest absolute Gasteiger partial charge is 0.468 e. The number of benzene rings is 1. The smallest absolute Gasteiger partial charge is 0.427 e. The predicted molar refractivity (Wildman–Crippen MR) is 90.7 cm³/mol. The molecule has 2 unspecified atom stereocenters. The molecule has 0 radical (unpaired) electrons. The van der Waals surface area contributed by atoms with Crippen LogP contribution in [0, 0.1) is 16.0 Å². The van der Waals surface area contributed by atoms with Crippen LogP contribution >= 0.6 is 0 Å². The number of methoxy groups -OCH3 is 2. The van der Waals surface area contributed by atoms with Crippen molar-refractivity contribution in [3.05, 3.63) is 39.9 Å². The van der Waals surface area contributed by atoms with Crippen LogP contribution < -0.4 is 5.43 Å². The van der Waals surface area contributed by atoms with Crippen LogP contribution in [0.3, 0.4) is 0 Å². The van der Waals surface area contributed by atoms with Gasteiger partial charge in [-0.2, -0.15) is 5.10 Å². The van der Waals surface area contributed by atoms with Crippen molar-refractivity contribution in [1.82, 2.24) is 5.43 Å². The molecule has 10 nitrogen and oxygen atoms in total. The summed E-state index contributed by atoms with van der Waals surface area (Å²) in [5.74, 6) is -3.24. The standard InChI is InChI=1S/C16H19N3O7/c1-9(17-18-16(22)26-4)13(15(21)25-3)14(10(2)20)11-5-7-12(8-6-11)19(23)24/h5-8,13-14H,1-4H3,(H,18,22)/b17-9+. The highest BCUT2D eigenvalue weighted by atomic mass is 16.6. The van der Waals surface area contributed by atoms with Gasteiger partial charge in [-0.05, 0) is 19.4 Å².